The first-order valence-corrected chi connectivity index (χ1v) is 11.4. The van der Waals surface area contributed by atoms with Gasteiger partial charge in [-0.15, -0.1) is 0 Å². The molecule has 0 atom stereocenters. The van der Waals surface area contributed by atoms with Crippen LogP contribution in [0.2, 0.25) is 0 Å². The van der Waals surface area contributed by atoms with E-state index in [1.165, 1.54) is 45.5 Å². The fourth-order valence-electron chi connectivity index (χ4n) is 3.16. The Morgan fingerprint density at radius 1 is 0.909 bits per heavy atom. The maximum absolute atomic E-state index is 12.9. The maximum Gasteiger partial charge on any atom is 0.338 e. The van der Waals surface area contributed by atoms with Crippen molar-refractivity contribution in [2.45, 2.75) is 11.8 Å². The zero-order valence-corrected chi connectivity index (χ0v) is 19.5. The predicted octanol–water partition coefficient (Wildman–Crippen LogP) is 3.87. The Labute approximate surface area is 192 Å². The molecule has 1 amide bonds. The van der Waals surface area contributed by atoms with Gasteiger partial charge in [-0.2, -0.15) is 0 Å². The number of anilines is 2. The highest BCUT2D eigenvalue weighted by atomic mass is 32.2. The lowest BCUT2D eigenvalue weighted by atomic mass is 10.1. The molecule has 0 unspecified atom stereocenters. The summed E-state index contributed by atoms with van der Waals surface area (Å²) in [6, 6.07) is 17.2. The Morgan fingerprint density at radius 2 is 1.55 bits per heavy atom. The third kappa shape index (κ3) is 4.98. The van der Waals surface area contributed by atoms with Crippen LogP contribution in [0.25, 0.3) is 0 Å². The topological polar surface area (TPSA) is 102 Å². The van der Waals surface area contributed by atoms with Crippen molar-refractivity contribution in [2.75, 3.05) is 30.9 Å². The average Bonchev–Trinajstić information content (AvgIpc) is 2.84. The fraction of sp³-hybridized carbons (Fsp3) is 0.167. The van der Waals surface area contributed by atoms with Crippen molar-refractivity contribution in [3.8, 4) is 5.75 Å². The first kappa shape index (κ1) is 23.8. The molecule has 0 aromatic heterocycles. The molecule has 0 radical (unpaired) electrons. The second-order valence-corrected chi connectivity index (χ2v) is 9.09. The van der Waals surface area contributed by atoms with Crippen molar-refractivity contribution in [3.05, 3.63) is 83.4 Å². The minimum Gasteiger partial charge on any atom is -0.497 e. The van der Waals surface area contributed by atoms with E-state index in [-0.39, 0.29) is 4.90 Å². The zero-order chi connectivity index (χ0) is 24.2. The number of sulfonamides is 1. The number of nitrogens with one attached hydrogen (secondary N) is 1. The van der Waals surface area contributed by atoms with Gasteiger partial charge in [0.25, 0.3) is 15.9 Å². The van der Waals surface area contributed by atoms with Gasteiger partial charge >= 0.3 is 5.97 Å². The summed E-state index contributed by atoms with van der Waals surface area (Å²) >= 11 is 0. The van der Waals surface area contributed by atoms with Gasteiger partial charge in [0.1, 0.15) is 5.75 Å². The summed E-state index contributed by atoms with van der Waals surface area (Å²) in [5.74, 6) is -0.333. The number of nitrogens with zero attached hydrogens (tertiary/aromatic N) is 1. The largest absolute Gasteiger partial charge is 0.497 e. The monoisotopic (exact) mass is 468 g/mol. The standard InChI is InChI=1S/C24H24N2O6S/c1-16-21(24(28)32-4)6-5-7-22(16)25-23(27)17-8-10-18(11-9-17)26(2)33(29,30)20-14-12-19(31-3)13-15-20/h5-15H,1-4H3,(H,25,27). The summed E-state index contributed by atoms with van der Waals surface area (Å²) in [4.78, 5) is 24.7. The van der Waals surface area contributed by atoms with E-state index in [1.54, 1.807) is 49.4 Å². The molecule has 8 nitrogen and oxygen atoms in total. The second-order valence-electron chi connectivity index (χ2n) is 7.12. The van der Waals surface area contributed by atoms with E-state index < -0.39 is 21.9 Å². The number of methoxy groups -OCH3 is 2. The summed E-state index contributed by atoms with van der Waals surface area (Å²) in [5, 5.41) is 2.77. The molecule has 9 heteroatoms. The van der Waals surface area contributed by atoms with Crippen molar-refractivity contribution in [1.82, 2.24) is 0 Å². The predicted molar refractivity (Wildman–Crippen MR) is 125 cm³/mol. The summed E-state index contributed by atoms with van der Waals surface area (Å²) in [6.07, 6.45) is 0. The molecule has 0 aliphatic rings. The van der Waals surface area contributed by atoms with Gasteiger partial charge in [-0.1, -0.05) is 6.07 Å². The van der Waals surface area contributed by atoms with Gasteiger partial charge < -0.3 is 14.8 Å². The highest BCUT2D eigenvalue weighted by molar-refractivity contribution is 7.92. The van der Waals surface area contributed by atoms with E-state index in [0.717, 1.165) is 4.31 Å². The molecule has 172 valence electrons. The Hall–Kier alpha value is -3.85. The van der Waals surface area contributed by atoms with Crippen LogP contribution in [0.3, 0.4) is 0 Å². The number of carbonyl (C=O) groups excluding carboxylic acids is 2. The van der Waals surface area contributed by atoms with Gasteiger partial charge in [0, 0.05) is 18.3 Å². The number of amides is 1. The van der Waals surface area contributed by atoms with Gasteiger partial charge in [-0.3, -0.25) is 9.10 Å². The summed E-state index contributed by atoms with van der Waals surface area (Å²) in [5.41, 5.74) is 2.14. The van der Waals surface area contributed by atoms with Crippen LogP contribution in [0.5, 0.6) is 5.75 Å². The Morgan fingerprint density at radius 3 is 2.12 bits per heavy atom. The van der Waals surface area contributed by atoms with E-state index in [9.17, 15) is 18.0 Å². The highest BCUT2D eigenvalue weighted by Gasteiger charge is 2.22. The van der Waals surface area contributed by atoms with Crippen LogP contribution in [0.4, 0.5) is 11.4 Å². The quantitative estimate of drug-likeness (QED) is 0.528. The van der Waals surface area contributed by atoms with Crippen LogP contribution in [0.15, 0.2) is 71.6 Å². The molecule has 3 aromatic rings. The van der Waals surface area contributed by atoms with Crippen molar-refractivity contribution in [3.63, 3.8) is 0 Å². The van der Waals surface area contributed by atoms with Crippen LogP contribution in [-0.2, 0) is 14.8 Å². The smallest absolute Gasteiger partial charge is 0.338 e. The Bertz CT molecular complexity index is 1270. The lowest BCUT2D eigenvalue weighted by Gasteiger charge is -2.20. The van der Waals surface area contributed by atoms with Crippen LogP contribution in [0, 0.1) is 6.92 Å². The minimum atomic E-state index is -3.79. The lowest BCUT2D eigenvalue weighted by Crippen LogP contribution is -2.26. The summed E-state index contributed by atoms with van der Waals surface area (Å²) in [7, 11) is 0.451. The van der Waals surface area contributed by atoms with Crippen LogP contribution < -0.4 is 14.4 Å². The average molecular weight is 469 g/mol. The highest BCUT2D eigenvalue weighted by Crippen LogP contribution is 2.25. The maximum atomic E-state index is 12.9. The number of hydrogen-bond donors (Lipinski definition) is 1. The zero-order valence-electron chi connectivity index (χ0n) is 18.7. The molecule has 0 bridgehead atoms. The van der Waals surface area contributed by atoms with E-state index in [0.29, 0.717) is 33.8 Å². The molecule has 33 heavy (non-hydrogen) atoms. The number of hydrogen-bond acceptors (Lipinski definition) is 6. The van der Waals surface area contributed by atoms with Gasteiger partial charge in [0.2, 0.25) is 0 Å². The third-order valence-corrected chi connectivity index (χ3v) is 7.00. The number of benzene rings is 3. The molecular weight excluding hydrogens is 444 g/mol. The van der Waals surface area contributed by atoms with Crippen molar-refractivity contribution in [2.24, 2.45) is 0 Å². The van der Waals surface area contributed by atoms with Crippen LogP contribution >= 0.6 is 0 Å². The van der Waals surface area contributed by atoms with E-state index >= 15 is 0 Å². The molecule has 0 spiro atoms. The molecule has 0 saturated carbocycles. The lowest BCUT2D eigenvalue weighted by molar-refractivity contribution is 0.0599. The number of esters is 1. The SMILES string of the molecule is COC(=O)c1cccc(NC(=O)c2ccc(N(C)S(=O)(=O)c3ccc(OC)cc3)cc2)c1C. The number of carbonyl (C=O) groups is 2. The second kappa shape index (κ2) is 9.74. The fourth-order valence-corrected chi connectivity index (χ4v) is 4.36. The van der Waals surface area contributed by atoms with Crippen molar-refractivity contribution in [1.29, 1.82) is 0 Å². The molecule has 0 heterocycles. The first-order chi connectivity index (χ1) is 15.7. The molecule has 0 aliphatic heterocycles. The Kier molecular flexibility index (Phi) is 7.03. The first-order valence-electron chi connectivity index (χ1n) is 9.91. The van der Waals surface area contributed by atoms with Gasteiger partial charge in [-0.25, -0.2) is 13.2 Å². The molecule has 3 aromatic carbocycles. The molecule has 0 aliphatic carbocycles. The molecule has 1 N–H and O–H groups in total. The van der Waals surface area contributed by atoms with Crippen LogP contribution in [-0.4, -0.2) is 41.6 Å². The van der Waals surface area contributed by atoms with E-state index in [1.807, 2.05) is 0 Å². The van der Waals surface area contributed by atoms with Crippen molar-refractivity contribution >= 4 is 33.3 Å². The van der Waals surface area contributed by atoms with Crippen LogP contribution in [0.1, 0.15) is 26.3 Å². The summed E-state index contributed by atoms with van der Waals surface area (Å²) < 4.78 is 36.8. The van der Waals surface area contributed by atoms with Crippen molar-refractivity contribution < 1.29 is 27.5 Å². The van der Waals surface area contributed by atoms with E-state index in [2.05, 4.69) is 5.32 Å². The molecule has 0 saturated heterocycles. The normalized spacial score (nSPS) is 10.9. The molecular formula is C24H24N2O6S. The Balaban J connectivity index is 1.78. The minimum absolute atomic E-state index is 0.119. The van der Waals surface area contributed by atoms with Gasteiger partial charge in [-0.05, 0) is 73.2 Å². The number of ether oxygens (including phenoxy) is 2. The molecule has 0 fully saturated rings. The third-order valence-electron chi connectivity index (χ3n) is 5.20. The summed E-state index contributed by atoms with van der Waals surface area (Å²) in [6.45, 7) is 1.71. The van der Waals surface area contributed by atoms with E-state index in [4.69, 9.17) is 9.47 Å². The number of rotatable bonds is 7. The van der Waals surface area contributed by atoms with Gasteiger partial charge in [0.05, 0.1) is 30.4 Å². The molecule has 3 rings (SSSR count). The van der Waals surface area contributed by atoms with Gasteiger partial charge in [0.15, 0.2) is 0 Å².